The van der Waals surface area contributed by atoms with Gasteiger partial charge in [-0.3, -0.25) is 9.59 Å². The largest absolute Gasteiger partial charge is 0.497 e. The lowest BCUT2D eigenvalue weighted by atomic mass is 9.86. The number of rotatable bonds is 6. The van der Waals surface area contributed by atoms with Crippen LogP contribution in [0.3, 0.4) is 0 Å². The maximum Gasteiger partial charge on any atom is 0.406 e. The summed E-state index contributed by atoms with van der Waals surface area (Å²) in [5.41, 5.74) is 6.60. The fraction of sp³-hybridized carbons (Fsp3) is 0.393. The Labute approximate surface area is 224 Å². The minimum atomic E-state index is -4.50. The van der Waals surface area contributed by atoms with Crippen molar-refractivity contribution in [3.63, 3.8) is 0 Å². The van der Waals surface area contributed by atoms with Crippen LogP contribution in [-0.2, 0) is 6.54 Å². The van der Waals surface area contributed by atoms with Crippen molar-refractivity contribution < 1.29 is 27.5 Å². The van der Waals surface area contributed by atoms with Crippen LogP contribution in [0.25, 0.3) is 11.0 Å². The number of imidazole rings is 1. The number of nitrogens with zero attached hydrogens (tertiary/aromatic N) is 3. The molecule has 39 heavy (non-hydrogen) atoms. The first kappa shape index (κ1) is 28.0. The Kier molecular flexibility index (Phi) is 8.16. The zero-order valence-electron chi connectivity index (χ0n) is 21.9. The van der Waals surface area contributed by atoms with Gasteiger partial charge in [0, 0.05) is 23.6 Å². The Bertz CT molecular complexity index is 1440. The van der Waals surface area contributed by atoms with Crippen LogP contribution < -0.4 is 15.8 Å². The highest BCUT2D eigenvalue weighted by molar-refractivity contribution is 6.05. The number of halogens is 3. The lowest BCUT2D eigenvalue weighted by molar-refractivity contribution is -0.140. The van der Waals surface area contributed by atoms with E-state index in [1.807, 2.05) is 14.0 Å². The number of hydrogen-bond acceptors (Lipinski definition) is 5. The van der Waals surface area contributed by atoms with E-state index in [0.29, 0.717) is 29.1 Å². The van der Waals surface area contributed by atoms with E-state index in [1.54, 1.807) is 24.3 Å². The number of carbonyl (C=O) groups is 2. The molecular weight excluding hydrogens is 511 g/mol. The van der Waals surface area contributed by atoms with Gasteiger partial charge in [0.2, 0.25) is 0 Å². The van der Waals surface area contributed by atoms with Crippen molar-refractivity contribution in [1.29, 1.82) is 0 Å². The van der Waals surface area contributed by atoms with Gasteiger partial charge in [0.1, 0.15) is 23.6 Å². The minimum absolute atomic E-state index is 0.00169. The molecule has 2 atom stereocenters. The highest BCUT2D eigenvalue weighted by Crippen LogP contribution is 2.36. The zero-order chi connectivity index (χ0) is 28.3. The van der Waals surface area contributed by atoms with Crippen molar-refractivity contribution in [2.24, 2.45) is 11.7 Å². The molecule has 0 unspecified atom stereocenters. The third-order valence-electron chi connectivity index (χ3n) is 6.85. The van der Waals surface area contributed by atoms with E-state index >= 15 is 0 Å². The monoisotopic (exact) mass is 541 g/mol. The van der Waals surface area contributed by atoms with Crippen molar-refractivity contribution in [3.8, 4) is 17.6 Å². The van der Waals surface area contributed by atoms with Crippen LogP contribution in [0.1, 0.15) is 51.4 Å². The molecule has 0 bridgehead atoms. The average molecular weight is 542 g/mol. The molecule has 2 amide bonds. The number of fused-ring (bicyclic) bond motifs is 1. The molecule has 3 N–H and O–H groups in total. The summed E-state index contributed by atoms with van der Waals surface area (Å²) in [5.74, 6) is 5.23. The molecule has 3 aromatic rings. The first-order chi connectivity index (χ1) is 18.5. The molecule has 1 fully saturated rings. The molecule has 2 aromatic carbocycles. The summed E-state index contributed by atoms with van der Waals surface area (Å²) in [6, 6.07) is 9.45. The van der Waals surface area contributed by atoms with Crippen LogP contribution in [0.2, 0.25) is 0 Å². The van der Waals surface area contributed by atoms with Crippen molar-refractivity contribution in [1.82, 2.24) is 19.8 Å². The van der Waals surface area contributed by atoms with E-state index < -0.39 is 18.6 Å². The average Bonchev–Trinajstić information content (AvgIpc) is 3.22. The molecule has 4 rings (SSSR count). The second kappa shape index (κ2) is 11.4. The number of likely N-dealkylation sites (tertiary alicyclic amines) is 1. The predicted molar refractivity (Wildman–Crippen MR) is 141 cm³/mol. The summed E-state index contributed by atoms with van der Waals surface area (Å²) >= 11 is 0. The van der Waals surface area contributed by atoms with Gasteiger partial charge in [-0.1, -0.05) is 18.8 Å². The molecule has 0 aliphatic carbocycles. The van der Waals surface area contributed by atoms with Crippen LogP contribution in [0.5, 0.6) is 5.75 Å². The minimum Gasteiger partial charge on any atom is -0.497 e. The highest BCUT2D eigenvalue weighted by Gasteiger charge is 2.35. The normalized spacial score (nSPS) is 17.9. The Morgan fingerprint density at radius 2 is 1.95 bits per heavy atom. The third-order valence-corrected chi connectivity index (χ3v) is 6.85. The summed E-state index contributed by atoms with van der Waals surface area (Å²) in [7, 11) is 3.50. The standard InChI is InChI=1S/C28H30F3N5O3/c1-17-15-35(2)12-10-21(17)26-34-24-22(25(32)37)13-18(14-23(24)36(26)16-28(29,30)31)5-4-11-33-27(38)19-6-8-20(39-3)9-7-19/h6-9,13-14,17,21H,10-12,15-16H2,1-3H3,(H2,32,37)(H,33,38)/t17-,21+/m1/s1. The maximum atomic E-state index is 13.7. The Morgan fingerprint density at radius 3 is 2.56 bits per heavy atom. The fourth-order valence-corrected chi connectivity index (χ4v) is 4.98. The molecule has 1 aromatic heterocycles. The second-order valence-electron chi connectivity index (χ2n) is 9.77. The number of carbonyl (C=O) groups excluding carboxylic acids is 2. The van der Waals surface area contributed by atoms with Gasteiger partial charge in [-0.15, -0.1) is 0 Å². The summed E-state index contributed by atoms with van der Waals surface area (Å²) in [6.45, 7) is 2.18. The van der Waals surface area contributed by atoms with Crippen LogP contribution >= 0.6 is 0 Å². The third kappa shape index (κ3) is 6.52. The molecule has 2 heterocycles. The van der Waals surface area contributed by atoms with Gasteiger partial charge in [-0.2, -0.15) is 13.2 Å². The number of methoxy groups -OCH3 is 1. The number of piperidine rings is 1. The molecule has 1 aliphatic rings. The van der Waals surface area contributed by atoms with Crippen LogP contribution in [0.4, 0.5) is 13.2 Å². The van der Waals surface area contributed by atoms with Crippen molar-refractivity contribution in [3.05, 3.63) is 58.9 Å². The van der Waals surface area contributed by atoms with Gasteiger partial charge in [-0.25, -0.2) is 4.98 Å². The first-order valence-electron chi connectivity index (χ1n) is 12.5. The predicted octanol–water partition coefficient (Wildman–Crippen LogP) is 3.54. The second-order valence-corrected chi connectivity index (χ2v) is 9.77. The van der Waals surface area contributed by atoms with E-state index in [1.165, 1.54) is 19.2 Å². The number of benzene rings is 2. The lowest BCUT2D eigenvalue weighted by Gasteiger charge is -2.34. The van der Waals surface area contributed by atoms with Crippen molar-refractivity contribution >= 4 is 22.8 Å². The van der Waals surface area contributed by atoms with Crippen molar-refractivity contribution in [2.45, 2.75) is 32.0 Å². The summed E-state index contributed by atoms with van der Waals surface area (Å²) < 4.78 is 47.3. The highest BCUT2D eigenvalue weighted by atomic mass is 19.4. The molecule has 0 spiro atoms. The SMILES string of the molecule is COc1ccc(C(=O)NCC#Cc2cc(C(N)=O)c3nc([C@H]4CCN(C)C[C@H]4C)n(CC(F)(F)F)c3c2)cc1. The number of alkyl halides is 3. The van der Waals surface area contributed by atoms with E-state index in [2.05, 4.69) is 27.0 Å². The van der Waals surface area contributed by atoms with Gasteiger partial charge in [0.25, 0.3) is 11.8 Å². The van der Waals surface area contributed by atoms with E-state index in [4.69, 9.17) is 10.5 Å². The Morgan fingerprint density at radius 1 is 1.23 bits per heavy atom. The zero-order valence-corrected chi connectivity index (χ0v) is 21.9. The Balaban J connectivity index is 1.67. The quantitative estimate of drug-likeness (QED) is 0.465. The maximum absolute atomic E-state index is 13.7. The molecular formula is C28H30F3N5O3. The van der Waals surface area contributed by atoms with Gasteiger partial charge >= 0.3 is 6.18 Å². The number of primary amides is 1. The number of hydrogen-bond donors (Lipinski definition) is 2. The van der Waals surface area contributed by atoms with Gasteiger partial charge in [-0.05, 0) is 62.3 Å². The van der Waals surface area contributed by atoms with Crippen LogP contribution in [0.15, 0.2) is 36.4 Å². The van der Waals surface area contributed by atoms with Gasteiger partial charge in [0.05, 0.1) is 24.7 Å². The topological polar surface area (TPSA) is 102 Å². The molecule has 0 radical (unpaired) electrons. The number of amides is 2. The summed E-state index contributed by atoms with van der Waals surface area (Å²) in [6.07, 6.45) is -3.86. The number of ether oxygens (including phenoxy) is 1. The molecule has 1 aliphatic heterocycles. The van der Waals surface area contributed by atoms with E-state index in [9.17, 15) is 22.8 Å². The number of nitrogens with two attached hydrogens (primary N) is 1. The number of aromatic nitrogens is 2. The molecule has 1 saturated heterocycles. The van der Waals surface area contributed by atoms with Crippen molar-refractivity contribution in [2.75, 3.05) is 33.8 Å². The van der Waals surface area contributed by atoms with Crippen LogP contribution in [-0.4, -0.2) is 66.2 Å². The summed E-state index contributed by atoms with van der Waals surface area (Å²) in [4.78, 5) is 31.3. The molecule has 206 valence electrons. The van der Waals surface area contributed by atoms with E-state index in [0.717, 1.165) is 17.7 Å². The first-order valence-corrected chi connectivity index (χ1v) is 12.5. The Hall–Kier alpha value is -4.04. The lowest BCUT2D eigenvalue weighted by Crippen LogP contribution is -2.37. The van der Waals surface area contributed by atoms with Crippen LogP contribution in [0, 0.1) is 17.8 Å². The fourth-order valence-electron chi connectivity index (χ4n) is 4.98. The smallest absolute Gasteiger partial charge is 0.406 e. The number of nitrogens with one attached hydrogen (secondary N) is 1. The molecule has 11 heteroatoms. The molecule has 0 saturated carbocycles. The molecule has 8 nitrogen and oxygen atoms in total. The van der Waals surface area contributed by atoms with Gasteiger partial charge in [0.15, 0.2) is 0 Å². The van der Waals surface area contributed by atoms with Gasteiger partial charge < -0.3 is 25.3 Å². The summed E-state index contributed by atoms with van der Waals surface area (Å²) in [5, 5.41) is 2.66. The van der Waals surface area contributed by atoms with E-state index in [-0.39, 0.29) is 40.9 Å².